The van der Waals surface area contributed by atoms with Crippen LogP contribution < -0.4 is 21.8 Å². The fraction of sp³-hybridized carbons (Fsp3) is 0.345. The maximum Gasteiger partial charge on any atom is 0.294 e. The molecule has 2 atom stereocenters. The Balaban J connectivity index is 1.80. The molecule has 10 nitrogen and oxygen atoms in total. The number of anilines is 1. The van der Waals surface area contributed by atoms with Gasteiger partial charge in [-0.25, -0.2) is 14.3 Å². The van der Waals surface area contributed by atoms with Gasteiger partial charge in [0.15, 0.2) is 5.52 Å². The first-order valence-corrected chi connectivity index (χ1v) is 12.9. The summed E-state index contributed by atoms with van der Waals surface area (Å²) in [5, 5.41) is 20.9. The lowest BCUT2D eigenvalue weighted by Gasteiger charge is -2.31. The van der Waals surface area contributed by atoms with Crippen LogP contribution in [0.25, 0.3) is 21.8 Å². The molecule has 0 saturated carbocycles. The summed E-state index contributed by atoms with van der Waals surface area (Å²) in [7, 11) is 0. The molecular formula is C29H28N8O2. The van der Waals surface area contributed by atoms with Crippen molar-refractivity contribution in [3.8, 4) is 24.0 Å². The molecule has 0 aliphatic carbocycles. The van der Waals surface area contributed by atoms with Crippen LogP contribution in [0.2, 0.25) is 0 Å². The van der Waals surface area contributed by atoms with Gasteiger partial charge in [-0.1, -0.05) is 36.3 Å². The summed E-state index contributed by atoms with van der Waals surface area (Å²) >= 11 is 0. The number of piperidine rings is 1. The Bertz CT molecular complexity index is 1850. The molecule has 10 heteroatoms. The molecule has 3 heterocycles. The van der Waals surface area contributed by atoms with E-state index in [4.69, 9.17) is 5.73 Å². The molecule has 0 bridgehead atoms. The number of benzene rings is 2. The average molecular weight is 521 g/mol. The number of fused-ring (bicyclic) bond motifs is 2. The maximum atomic E-state index is 14.2. The summed E-state index contributed by atoms with van der Waals surface area (Å²) in [5.41, 5.74) is 6.67. The second-order valence-corrected chi connectivity index (χ2v) is 9.72. The highest BCUT2D eigenvalue weighted by atomic mass is 16.2. The van der Waals surface area contributed by atoms with Gasteiger partial charge in [-0.3, -0.25) is 14.2 Å². The molecule has 5 rings (SSSR count). The van der Waals surface area contributed by atoms with Crippen LogP contribution in [0, 0.1) is 34.5 Å². The van der Waals surface area contributed by atoms with Crippen molar-refractivity contribution in [1.29, 1.82) is 10.5 Å². The van der Waals surface area contributed by atoms with Crippen LogP contribution >= 0.6 is 0 Å². The topological polar surface area (TPSA) is 139 Å². The second-order valence-electron chi connectivity index (χ2n) is 9.72. The Kier molecular flexibility index (Phi) is 6.94. The van der Waals surface area contributed by atoms with Crippen LogP contribution in [-0.4, -0.2) is 38.0 Å². The molecule has 1 saturated heterocycles. The monoisotopic (exact) mass is 520 g/mol. The number of imidazole rings is 1. The second kappa shape index (κ2) is 10.5. The van der Waals surface area contributed by atoms with E-state index in [0.717, 1.165) is 29.2 Å². The van der Waals surface area contributed by atoms with E-state index in [2.05, 4.69) is 29.0 Å². The largest absolute Gasteiger partial charge is 0.341 e. The summed E-state index contributed by atoms with van der Waals surface area (Å²) in [6.45, 7) is 4.74. The average Bonchev–Trinajstić information content (AvgIpc) is 3.34. The normalized spacial score (nSPS) is 15.9. The van der Waals surface area contributed by atoms with E-state index in [1.807, 2.05) is 29.2 Å². The molecule has 196 valence electrons. The van der Waals surface area contributed by atoms with Crippen LogP contribution in [0.3, 0.4) is 0 Å². The van der Waals surface area contributed by atoms with E-state index in [0.29, 0.717) is 24.6 Å². The van der Waals surface area contributed by atoms with Gasteiger partial charge in [0.1, 0.15) is 11.6 Å². The number of nitriles is 2. The molecule has 0 amide bonds. The zero-order chi connectivity index (χ0) is 27.7. The molecule has 2 aromatic carbocycles. The first kappa shape index (κ1) is 25.8. The quantitative estimate of drug-likeness (QED) is 0.399. The number of nitrogens with two attached hydrogens (primary N) is 1. The minimum Gasteiger partial charge on any atom is -0.341 e. The number of hydrogen-bond acceptors (Lipinski definition) is 7. The molecule has 1 aliphatic heterocycles. The molecule has 2 unspecified atom stereocenters. The van der Waals surface area contributed by atoms with Gasteiger partial charge in [-0.15, -0.1) is 5.92 Å². The number of aromatic nitrogens is 4. The van der Waals surface area contributed by atoms with Crippen molar-refractivity contribution in [2.45, 2.75) is 51.9 Å². The van der Waals surface area contributed by atoms with Crippen molar-refractivity contribution in [3.63, 3.8) is 0 Å². The molecule has 1 fully saturated rings. The summed E-state index contributed by atoms with van der Waals surface area (Å²) in [4.78, 5) is 34.8. The summed E-state index contributed by atoms with van der Waals surface area (Å²) in [6.07, 6.45) is 1.76. The lowest BCUT2D eigenvalue weighted by Crippen LogP contribution is -2.44. The zero-order valence-corrected chi connectivity index (χ0v) is 21.9. The van der Waals surface area contributed by atoms with Gasteiger partial charge in [-0.05, 0) is 49.1 Å². The van der Waals surface area contributed by atoms with Gasteiger partial charge < -0.3 is 10.6 Å². The van der Waals surface area contributed by atoms with Crippen LogP contribution in [0.15, 0.2) is 46.0 Å². The van der Waals surface area contributed by atoms with Crippen molar-refractivity contribution in [3.05, 3.63) is 68.2 Å². The predicted molar refractivity (Wildman–Crippen MR) is 149 cm³/mol. The van der Waals surface area contributed by atoms with Crippen LogP contribution in [0.5, 0.6) is 0 Å². The van der Waals surface area contributed by atoms with Crippen molar-refractivity contribution in [2.75, 3.05) is 18.0 Å². The third-order valence-corrected chi connectivity index (χ3v) is 7.22. The minimum atomic E-state index is -0.924. The Labute approximate surface area is 225 Å². The smallest absolute Gasteiger partial charge is 0.294 e. The molecule has 2 N–H and O–H groups in total. The summed E-state index contributed by atoms with van der Waals surface area (Å²) in [5.74, 6) is 6.36. The van der Waals surface area contributed by atoms with E-state index < -0.39 is 17.2 Å². The zero-order valence-electron chi connectivity index (χ0n) is 21.9. The lowest BCUT2D eigenvalue weighted by molar-refractivity contribution is 0.427. The first-order valence-electron chi connectivity index (χ1n) is 12.9. The fourth-order valence-electron chi connectivity index (χ4n) is 5.33. The maximum absolute atomic E-state index is 14.2. The van der Waals surface area contributed by atoms with Crippen molar-refractivity contribution < 1.29 is 0 Å². The molecule has 0 spiro atoms. The minimum absolute atomic E-state index is 0.00934. The highest BCUT2D eigenvalue weighted by molar-refractivity contribution is 5.90. The van der Waals surface area contributed by atoms with Crippen LogP contribution in [-0.2, 0) is 13.1 Å². The van der Waals surface area contributed by atoms with E-state index in [-0.39, 0.29) is 30.2 Å². The van der Waals surface area contributed by atoms with Crippen molar-refractivity contribution in [1.82, 2.24) is 18.9 Å². The third-order valence-electron chi connectivity index (χ3n) is 7.22. The van der Waals surface area contributed by atoms with Crippen LogP contribution in [0.1, 0.15) is 43.9 Å². The number of hydrogen-bond donors (Lipinski definition) is 1. The SMILES string of the molecule is CC#CCn1c(N2CCCC(N)C2)nc2c(=O)n(C(C)C#N)n(Cc3ccc(C#N)c4ccccc34)c(=O)c21. The molecule has 1 aliphatic rings. The molecule has 0 radical (unpaired) electrons. The van der Waals surface area contributed by atoms with Gasteiger partial charge >= 0.3 is 0 Å². The Morgan fingerprint density at radius 3 is 2.59 bits per heavy atom. The van der Waals surface area contributed by atoms with Gasteiger partial charge in [0, 0.05) is 19.1 Å². The molecule has 39 heavy (non-hydrogen) atoms. The number of rotatable bonds is 5. The number of nitrogens with zero attached hydrogens (tertiary/aromatic N) is 7. The van der Waals surface area contributed by atoms with Crippen molar-refractivity contribution >= 4 is 27.8 Å². The molecular weight excluding hydrogens is 492 g/mol. The summed E-state index contributed by atoms with van der Waals surface area (Å²) in [6, 6.07) is 14.3. The third kappa shape index (κ3) is 4.44. The van der Waals surface area contributed by atoms with E-state index in [1.54, 1.807) is 30.5 Å². The van der Waals surface area contributed by atoms with Gasteiger partial charge in [0.2, 0.25) is 5.95 Å². The Morgan fingerprint density at radius 1 is 1.13 bits per heavy atom. The molecule has 2 aromatic heterocycles. The van der Waals surface area contributed by atoms with E-state index in [1.165, 1.54) is 9.36 Å². The molecule has 4 aromatic rings. The van der Waals surface area contributed by atoms with Gasteiger partial charge in [0.05, 0.1) is 30.8 Å². The Hall–Kier alpha value is -4.85. The standard InChI is InChI=1S/C29H28N8O2/c1-3-4-14-35-26-25(33-29(35)34-13-7-8-22(32)18-34)27(38)37(19(2)15-30)36(28(26)39)17-21-12-11-20(16-31)23-9-5-6-10-24(21)23/h5-6,9-12,19,22H,7-8,13-14,17-18,32H2,1-2H3. The van der Waals surface area contributed by atoms with Gasteiger partial charge in [-0.2, -0.15) is 10.5 Å². The Morgan fingerprint density at radius 2 is 1.90 bits per heavy atom. The lowest BCUT2D eigenvalue weighted by atomic mass is 10.00. The predicted octanol–water partition coefficient (Wildman–Crippen LogP) is 2.47. The first-order chi connectivity index (χ1) is 18.9. The van der Waals surface area contributed by atoms with Gasteiger partial charge in [0.25, 0.3) is 11.1 Å². The van der Waals surface area contributed by atoms with E-state index >= 15 is 0 Å². The highest BCUT2D eigenvalue weighted by Gasteiger charge is 2.28. The fourth-order valence-corrected chi connectivity index (χ4v) is 5.33. The van der Waals surface area contributed by atoms with Crippen LogP contribution in [0.4, 0.5) is 5.95 Å². The summed E-state index contributed by atoms with van der Waals surface area (Å²) < 4.78 is 4.20. The van der Waals surface area contributed by atoms with E-state index in [9.17, 15) is 20.1 Å². The van der Waals surface area contributed by atoms with Crippen molar-refractivity contribution in [2.24, 2.45) is 5.73 Å². The highest BCUT2D eigenvalue weighted by Crippen LogP contribution is 2.25.